The first-order chi connectivity index (χ1) is 50.8. The summed E-state index contributed by atoms with van der Waals surface area (Å²) in [5.74, 6) is -0.156. The molecule has 14 rings (SSSR count). The Labute approximate surface area is 649 Å². The number of fused-ring (bicyclic) bond motifs is 9. The Morgan fingerprint density at radius 2 is 0.706 bits per heavy atom. The van der Waals surface area contributed by atoms with E-state index in [9.17, 15) is 37.8 Å². The minimum absolute atomic E-state index is 0. The maximum Gasteiger partial charge on any atom is 0.419 e. The monoisotopic (exact) mass is 1550 g/mol. The number of rotatable bonds is 11. The molecule has 12 nitrogen and oxygen atoms in total. The number of phenolic OH excluding ortho intramolecular Hbond substituents is 3. The number of halogens is 5. The van der Waals surface area contributed by atoms with Crippen LogP contribution in [0.3, 0.4) is 0 Å². The molecular formula is C92H89BrClF3N4O8. The van der Waals surface area contributed by atoms with Crippen LogP contribution in [0.4, 0.5) is 53.0 Å². The zero-order chi connectivity index (χ0) is 78.8. The Morgan fingerprint density at radius 1 is 0.413 bits per heavy atom. The first-order valence-electron chi connectivity index (χ1n) is 34.9. The summed E-state index contributed by atoms with van der Waals surface area (Å²) < 4.78 is 47.5. The van der Waals surface area contributed by atoms with E-state index >= 15 is 0 Å². The second-order valence-corrected chi connectivity index (χ2v) is 30.1. The number of hydrogen-bond acceptors (Lipinski definition) is 12. The number of nitrogen functional groups attached to an aromatic ring is 1. The largest absolute Gasteiger partial charge is 0.508 e. The van der Waals surface area contributed by atoms with Gasteiger partial charge in [-0.1, -0.05) is 168 Å². The summed E-state index contributed by atoms with van der Waals surface area (Å²) in [7, 11) is 0. The number of nitrogens with two attached hydrogens (primary N) is 1. The third-order valence-corrected chi connectivity index (χ3v) is 20.5. The predicted octanol–water partition coefficient (Wildman–Crippen LogP) is 24.8. The van der Waals surface area contributed by atoms with Crippen molar-refractivity contribution in [1.29, 1.82) is 0 Å². The van der Waals surface area contributed by atoms with Crippen LogP contribution < -0.4 is 31.2 Å². The summed E-state index contributed by atoms with van der Waals surface area (Å²) in [4.78, 5) is 38.6. The quantitative estimate of drug-likeness (QED) is 0.0270. The Hall–Kier alpha value is -11.4. The molecule has 0 fully saturated rings. The molecule has 0 saturated carbocycles. The van der Waals surface area contributed by atoms with Crippen LogP contribution in [0.1, 0.15) is 124 Å². The van der Waals surface area contributed by atoms with Gasteiger partial charge in [0.25, 0.3) is 0 Å². The number of phenols is 3. The van der Waals surface area contributed by atoms with E-state index in [1.165, 1.54) is 72.8 Å². The Kier molecular flexibility index (Phi) is 24.4. The normalized spacial score (nSPS) is 12.8. The highest BCUT2D eigenvalue weighted by atomic mass is 79.9. The molecule has 0 radical (unpaired) electrons. The highest BCUT2D eigenvalue weighted by Gasteiger charge is 2.39. The molecule has 0 bridgehead atoms. The van der Waals surface area contributed by atoms with Crippen molar-refractivity contribution >= 4 is 84.5 Å². The second kappa shape index (κ2) is 32.6. The average molecular weight is 1550 g/mol. The summed E-state index contributed by atoms with van der Waals surface area (Å²) in [5.41, 5.74) is 31.2. The second-order valence-electron chi connectivity index (χ2n) is 28.8. The molecule has 17 heteroatoms. The first kappa shape index (κ1) is 81.6. The predicted molar refractivity (Wildman–Crippen MR) is 440 cm³/mol. The molecule has 11 aromatic carbocycles. The molecule has 0 spiro atoms. The van der Waals surface area contributed by atoms with Crippen LogP contribution in [0.25, 0.3) is 33.4 Å². The fourth-order valence-electron chi connectivity index (χ4n) is 13.7. The number of hydrogen-bond donors (Lipinski definition) is 5. The molecule has 11 aromatic rings. The van der Waals surface area contributed by atoms with Crippen LogP contribution in [0, 0.1) is 27.7 Å². The molecule has 0 aromatic heterocycles. The van der Waals surface area contributed by atoms with Crippen LogP contribution in [0.15, 0.2) is 259 Å². The van der Waals surface area contributed by atoms with Gasteiger partial charge in [-0.15, -0.1) is 0 Å². The molecule has 3 aliphatic carbocycles. The van der Waals surface area contributed by atoms with E-state index in [1.807, 2.05) is 94.4 Å². The molecule has 0 unspecified atom stereocenters. The van der Waals surface area contributed by atoms with Crippen LogP contribution >= 0.6 is 27.5 Å². The highest BCUT2D eigenvalue weighted by molar-refractivity contribution is 9.10. The van der Waals surface area contributed by atoms with Crippen LogP contribution in [-0.2, 0) is 36.8 Å². The topological polar surface area (TPSA) is 198 Å². The zero-order valence-corrected chi connectivity index (χ0v) is 65.7. The van der Waals surface area contributed by atoms with E-state index in [0.717, 1.165) is 74.2 Å². The number of alkyl halides is 3. The smallest absolute Gasteiger partial charge is 0.419 e. The maximum atomic E-state index is 12.2. The Bertz CT molecular complexity index is 5270. The zero-order valence-electron chi connectivity index (χ0n) is 63.4. The number of anilines is 7. The van der Waals surface area contributed by atoms with Gasteiger partial charge in [0, 0.05) is 77.2 Å². The number of allylic oxidation sites excluding steroid dienone is 1. The third kappa shape index (κ3) is 17.3. The lowest BCUT2D eigenvalue weighted by Gasteiger charge is -2.29. The van der Waals surface area contributed by atoms with Gasteiger partial charge in [0.15, 0.2) is 0 Å². The minimum atomic E-state index is -4.51. The van der Waals surface area contributed by atoms with Gasteiger partial charge in [0.05, 0.1) is 5.56 Å². The van der Waals surface area contributed by atoms with Crippen molar-refractivity contribution in [1.82, 2.24) is 6.15 Å². The van der Waals surface area contributed by atoms with Gasteiger partial charge in [0.2, 0.25) is 5.24 Å². The fourth-order valence-corrected chi connectivity index (χ4v) is 14.1. The molecule has 0 saturated heterocycles. The molecule has 0 amide bonds. The van der Waals surface area contributed by atoms with Crippen LogP contribution in [0.2, 0.25) is 0 Å². The number of nitrogens with zero attached hydrogens (tertiary/aromatic N) is 2. The maximum absolute atomic E-state index is 12.2. The van der Waals surface area contributed by atoms with Crippen LogP contribution in [-0.4, -0.2) is 32.5 Å². The van der Waals surface area contributed by atoms with E-state index < -0.39 is 34.7 Å². The van der Waals surface area contributed by atoms with Gasteiger partial charge < -0.3 is 46.5 Å². The first-order valence-corrected chi connectivity index (χ1v) is 36.0. The molecule has 0 atom stereocenters. The molecule has 3 aliphatic rings. The van der Waals surface area contributed by atoms with Crippen LogP contribution in [0.5, 0.6) is 28.7 Å². The Balaban J connectivity index is 0.000000178. The van der Waals surface area contributed by atoms with E-state index in [4.69, 9.17) is 31.9 Å². The van der Waals surface area contributed by atoms with Gasteiger partial charge in [0.1, 0.15) is 28.7 Å². The molecule has 0 aliphatic heterocycles. The van der Waals surface area contributed by atoms with Crippen molar-refractivity contribution in [2.24, 2.45) is 0 Å². The lowest BCUT2D eigenvalue weighted by Crippen LogP contribution is -2.17. The van der Waals surface area contributed by atoms with Gasteiger partial charge in [-0.2, -0.15) is 13.2 Å². The summed E-state index contributed by atoms with van der Waals surface area (Å²) in [6.07, 6.45) is -4.51. The van der Waals surface area contributed by atoms with Crippen molar-refractivity contribution in [2.45, 2.75) is 112 Å². The number of aromatic hydroxyl groups is 3. The van der Waals surface area contributed by atoms with Crippen molar-refractivity contribution in [3.8, 4) is 62.1 Å². The summed E-state index contributed by atoms with van der Waals surface area (Å²) in [6, 6.07) is 71.2. The number of benzene rings is 11. The highest BCUT2D eigenvalue weighted by Crippen LogP contribution is 2.54. The fraction of sp³-hybridized carbons (Fsp3) is 0.185. The van der Waals surface area contributed by atoms with Crippen molar-refractivity contribution in [2.75, 3.05) is 15.5 Å². The summed E-state index contributed by atoms with van der Waals surface area (Å²) >= 11 is 7.75. The van der Waals surface area contributed by atoms with E-state index in [2.05, 4.69) is 208 Å². The number of carbonyl (C=O) groups excluding carboxylic acids is 3. The van der Waals surface area contributed by atoms with E-state index in [1.54, 1.807) is 32.9 Å². The van der Waals surface area contributed by atoms with Crippen molar-refractivity contribution in [3.63, 3.8) is 0 Å². The number of esters is 2. The molecular weight excluding hydrogens is 1460 g/mol. The van der Waals surface area contributed by atoms with Gasteiger partial charge in [-0.3, -0.25) is 4.79 Å². The SMILES string of the molecule is C=C(C)C(=O)Cl.C=C(C)C(=O)Oc1ccc(N(c2ccc(OC(=O)C(=C)C)c(C)c2)c2ccc3c(c2)C(C)(C)c2ccccc2-3)cc1C.CC1(C)c2ccccc2-c2ccc(N)cc21.Cc1cc(N(c2ccc(O)c(C)c2)c2ccc3c(c2)C(C)(C)c2ccccc2-3)ccc1O.N.Oc1ccc(Br)cc1C(F)(F)F. The summed E-state index contributed by atoms with van der Waals surface area (Å²) in [5, 5.41) is 28.5. The third-order valence-electron chi connectivity index (χ3n) is 19.7. The molecule has 8 N–H and O–H groups in total. The van der Waals surface area contributed by atoms with E-state index in [0.29, 0.717) is 28.2 Å². The molecule has 0 heterocycles. The molecule has 560 valence electrons. The Morgan fingerprint density at radius 3 is 1.03 bits per heavy atom. The summed E-state index contributed by atoms with van der Waals surface area (Å²) in [6.45, 7) is 36.7. The van der Waals surface area contributed by atoms with Crippen molar-refractivity contribution < 1.29 is 52.3 Å². The lowest BCUT2D eigenvalue weighted by molar-refractivity contribution is -0.139. The van der Waals surface area contributed by atoms with Gasteiger partial charge in [-0.25, -0.2) is 9.59 Å². The standard InChI is InChI=1S/C37H35NO4.C29H27NO2.C15H15N.C7H4BrF3O.C4H5ClO.H3N/c1-22(2)35(39)41-33-17-14-26(19-24(33)5)38(27-15-18-34(25(6)20-27)42-36(40)23(3)4)28-13-16-30-29-11-9-10-12-31(29)37(7,8)32(30)21-28;1-18-15-20(10-13-27(18)31)30(21-11-14-28(32)19(2)16-21)22-9-12-24-23-7-5-6-8-25(23)29(3,4)26(24)17-22;1-15(2)13-6-4-3-5-11(13)12-8-7-10(16)9-14(12)15;8-4-1-2-6(12)5(3-4)7(9,10)11;1-3(2)4(5)6;/h9-21H,1,3H2,2,4-8H3;5-17,31-32H,1-4H3;3-9H,16H2,1-2H3;1-3,12H;1H2,2H3;1H3. The molecule has 109 heavy (non-hydrogen) atoms. The van der Waals surface area contributed by atoms with Crippen molar-refractivity contribution in [3.05, 3.63) is 321 Å². The lowest BCUT2D eigenvalue weighted by atomic mass is 9.82. The average Bonchev–Trinajstić information content (AvgIpc) is 1.60. The number of aryl methyl sites for hydroxylation is 4. The van der Waals surface area contributed by atoms with Gasteiger partial charge in [-0.05, 0) is 276 Å². The van der Waals surface area contributed by atoms with E-state index in [-0.39, 0.29) is 38.4 Å². The minimum Gasteiger partial charge on any atom is -0.508 e. The number of ether oxygens (including phenoxy) is 2. The number of carbonyl (C=O) groups is 3. The van der Waals surface area contributed by atoms with Gasteiger partial charge >= 0.3 is 18.1 Å².